The molecule has 0 aliphatic rings. The molecular formula is C18H13ClFN3O. The van der Waals surface area contributed by atoms with Crippen molar-refractivity contribution in [3.63, 3.8) is 0 Å². The van der Waals surface area contributed by atoms with Crippen LogP contribution in [0.25, 0.3) is 22.3 Å². The van der Waals surface area contributed by atoms with Crippen molar-refractivity contribution in [2.24, 2.45) is 5.73 Å². The van der Waals surface area contributed by atoms with Crippen molar-refractivity contribution in [3.8, 4) is 22.3 Å². The van der Waals surface area contributed by atoms with E-state index in [0.29, 0.717) is 16.9 Å². The van der Waals surface area contributed by atoms with Crippen molar-refractivity contribution in [3.05, 3.63) is 71.1 Å². The Balaban J connectivity index is 2.05. The van der Waals surface area contributed by atoms with Gasteiger partial charge >= 0.3 is 0 Å². The van der Waals surface area contributed by atoms with Crippen molar-refractivity contribution in [1.82, 2.24) is 4.98 Å². The van der Waals surface area contributed by atoms with Gasteiger partial charge in [0, 0.05) is 22.9 Å². The lowest BCUT2D eigenvalue weighted by molar-refractivity contribution is 0.100. The number of aromatic nitrogens is 1. The van der Waals surface area contributed by atoms with Crippen LogP contribution in [0, 0.1) is 5.82 Å². The first-order valence-electron chi connectivity index (χ1n) is 7.07. The maximum atomic E-state index is 13.3. The third-order valence-corrected chi connectivity index (χ3v) is 3.94. The van der Waals surface area contributed by atoms with E-state index in [2.05, 4.69) is 4.98 Å². The molecule has 3 aromatic rings. The molecule has 4 nitrogen and oxygen atoms in total. The van der Waals surface area contributed by atoms with E-state index in [0.717, 1.165) is 16.7 Å². The number of carbonyl (C=O) groups excluding carboxylic acids is 1. The second-order valence-electron chi connectivity index (χ2n) is 5.23. The quantitative estimate of drug-likeness (QED) is 0.758. The fourth-order valence-corrected chi connectivity index (χ4v) is 2.53. The number of carbonyl (C=O) groups is 1. The van der Waals surface area contributed by atoms with Gasteiger partial charge in [0.05, 0.1) is 5.02 Å². The van der Waals surface area contributed by atoms with Crippen LogP contribution >= 0.6 is 11.6 Å². The number of primary amides is 1. The first-order chi connectivity index (χ1) is 11.5. The van der Waals surface area contributed by atoms with Gasteiger partial charge in [-0.25, -0.2) is 9.37 Å². The molecule has 24 heavy (non-hydrogen) atoms. The minimum absolute atomic E-state index is 0.0386. The van der Waals surface area contributed by atoms with Gasteiger partial charge in [0.15, 0.2) is 0 Å². The van der Waals surface area contributed by atoms with Gasteiger partial charge < -0.3 is 11.5 Å². The fourth-order valence-electron chi connectivity index (χ4n) is 2.35. The highest BCUT2D eigenvalue weighted by Gasteiger charge is 2.10. The van der Waals surface area contributed by atoms with Crippen molar-refractivity contribution < 1.29 is 9.18 Å². The van der Waals surface area contributed by atoms with Crippen LogP contribution in [0.2, 0.25) is 5.02 Å². The number of pyridine rings is 1. The average Bonchev–Trinajstić information content (AvgIpc) is 2.58. The van der Waals surface area contributed by atoms with Crippen LogP contribution in [-0.4, -0.2) is 10.9 Å². The van der Waals surface area contributed by atoms with Gasteiger partial charge in [-0.1, -0.05) is 29.8 Å². The van der Waals surface area contributed by atoms with Gasteiger partial charge in [-0.05, 0) is 41.5 Å². The Hall–Kier alpha value is -2.92. The van der Waals surface area contributed by atoms with Crippen molar-refractivity contribution >= 4 is 23.3 Å². The van der Waals surface area contributed by atoms with E-state index in [1.165, 1.54) is 12.1 Å². The Bertz CT molecular complexity index is 926. The lowest BCUT2D eigenvalue weighted by Crippen LogP contribution is -2.10. The van der Waals surface area contributed by atoms with E-state index < -0.39 is 11.7 Å². The molecule has 0 spiro atoms. The molecule has 1 heterocycles. The summed E-state index contributed by atoms with van der Waals surface area (Å²) in [6, 6.07) is 13.0. The van der Waals surface area contributed by atoms with Crippen molar-refractivity contribution in [2.75, 3.05) is 5.73 Å². The largest absolute Gasteiger partial charge is 0.383 e. The maximum Gasteiger partial charge on any atom is 0.248 e. The highest BCUT2D eigenvalue weighted by Crippen LogP contribution is 2.31. The predicted octanol–water partition coefficient (Wildman–Crippen LogP) is 3.89. The maximum absolute atomic E-state index is 13.3. The third kappa shape index (κ3) is 3.07. The monoisotopic (exact) mass is 341 g/mol. The van der Waals surface area contributed by atoms with Gasteiger partial charge in [0.2, 0.25) is 5.91 Å². The van der Waals surface area contributed by atoms with E-state index in [1.54, 1.807) is 36.5 Å². The highest BCUT2D eigenvalue weighted by atomic mass is 35.5. The summed E-state index contributed by atoms with van der Waals surface area (Å²) < 4.78 is 13.3. The van der Waals surface area contributed by atoms with Crippen LogP contribution in [0.15, 0.2) is 54.7 Å². The van der Waals surface area contributed by atoms with Gasteiger partial charge in [0.25, 0.3) is 0 Å². The molecule has 0 aliphatic carbocycles. The van der Waals surface area contributed by atoms with E-state index in [1.807, 2.05) is 6.07 Å². The molecule has 0 atom stereocenters. The lowest BCUT2D eigenvalue weighted by Gasteiger charge is -2.09. The molecule has 0 radical (unpaired) electrons. The van der Waals surface area contributed by atoms with Crippen molar-refractivity contribution in [2.45, 2.75) is 0 Å². The number of nitrogens with two attached hydrogens (primary N) is 2. The van der Waals surface area contributed by atoms with Gasteiger partial charge in [-0.15, -0.1) is 0 Å². The van der Waals surface area contributed by atoms with Crippen LogP contribution in [-0.2, 0) is 0 Å². The van der Waals surface area contributed by atoms with Gasteiger partial charge in [-0.2, -0.15) is 0 Å². The summed E-state index contributed by atoms with van der Waals surface area (Å²) in [4.78, 5) is 15.3. The molecular weight excluding hydrogens is 329 g/mol. The van der Waals surface area contributed by atoms with Crippen LogP contribution in [0.4, 0.5) is 10.2 Å². The molecule has 0 bridgehead atoms. The normalized spacial score (nSPS) is 10.6. The van der Waals surface area contributed by atoms with Crippen LogP contribution in [0.3, 0.4) is 0 Å². The molecule has 4 N–H and O–H groups in total. The van der Waals surface area contributed by atoms with Gasteiger partial charge in [-0.3, -0.25) is 4.79 Å². The average molecular weight is 342 g/mol. The summed E-state index contributed by atoms with van der Waals surface area (Å²) >= 11 is 5.83. The van der Waals surface area contributed by atoms with E-state index >= 15 is 0 Å². The number of rotatable bonds is 3. The molecule has 0 fully saturated rings. The summed E-state index contributed by atoms with van der Waals surface area (Å²) in [5.74, 6) is -0.632. The van der Waals surface area contributed by atoms with Crippen LogP contribution in [0.1, 0.15) is 10.4 Å². The summed E-state index contributed by atoms with van der Waals surface area (Å²) in [6.45, 7) is 0. The molecule has 0 saturated heterocycles. The molecule has 2 aromatic carbocycles. The number of hydrogen-bond acceptors (Lipinski definition) is 3. The number of benzene rings is 2. The zero-order chi connectivity index (χ0) is 17.3. The Morgan fingerprint density at radius 1 is 1.00 bits per heavy atom. The SMILES string of the molecule is NC(=O)c1ccc(-c2cc(-c3ccc(F)c(Cl)c3)cnc2N)cc1. The van der Waals surface area contributed by atoms with Crippen molar-refractivity contribution in [1.29, 1.82) is 0 Å². The zero-order valence-electron chi connectivity index (χ0n) is 12.5. The number of halogens is 2. The molecule has 1 amide bonds. The first-order valence-corrected chi connectivity index (χ1v) is 7.44. The second-order valence-corrected chi connectivity index (χ2v) is 5.63. The van der Waals surface area contributed by atoms with E-state index in [-0.39, 0.29) is 5.02 Å². The number of hydrogen-bond donors (Lipinski definition) is 2. The first kappa shape index (κ1) is 16.0. The van der Waals surface area contributed by atoms with E-state index in [4.69, 9.17) is 23.1 Å². The smallest absolute Gasteiger partial charge is 0.248 e. The van der Waals surface area contributed by atoms with Gasteiger partial charge in [0.1, 0.15) is 11.6 Å². The molecule has 0 saturated carbocycles. The van der Waals surface area contributed by atoms with E-state index in [9.17, 15) is 9.18 Å². The predicted molar refractivity (Wildman–Crippen MR) is 93.0 cm³/mol. The minimum atomic E-state index is -0.498. The third-order valence-electron chi connectivity index (χ3n) is 3.65. The molecule has 6 heteroatoms. The Morgan fingerprint density at radius 3 is 2.29 bits per heavy atom. The number of nitrogens with zero attached hydrogens (tertiary/aromatic N) is 1. The molecule has 0 aliphatic heterocycles. The van der Waals surface area contributed by atoms with Crippen LogP contribution < -0.4 is 11.5 Å². The summed E-state index contributed by atoms with van der Waals surface area (Å²) in [5, 5.41) is 0.0386. The number of anilines is 1. The molecule has 1 aromatic heterocycles. The minimum Gasteiger partial charge on any atom is -0.383 e. The number of amides is 1. The number of nitrogen functional groups attached to an aromatic ring is 1. The van der Waals surface area contributed by atoms with Crippen LogP contribution in [0.5, 0.6) is 0 Å². The molecule has 120 valence electrons. The summed E-state index contributed by atoms with van der Waals surface area (Å²) in [5.41, 5.74) is 14.6. The topological polar surface area (TPSA) is 82.0 Å². The lowest BCUT2D eigenvalue weighted by atomic mass is 10.00. The Labute approximate surface area is 142 Å². The summed E-state index contributed by atoms with van der Waals surface area (Å²) in [6.07, 6.45) is 1.60. The molecule has 0 unspecified atom stereocenters. The Morgan fingerprint density at radius 2 is 1.67 bits per heavy atom. The standard InChI is InChI=1S/C18H13ClFN3O/c19-15-8-12(5-6-16(15)20)13-7-14(17(21)23-9-13)10-1-3-11(4-2-10)18(22)24/h1-9H,(H2,21,23)(H2,22,24). The molecule has 3 rings (SSSR count). The second kappa shape index (κ2) is 6.29. The fraction of sp³-hybridized carbons (Fsp3) is 0. The Kier molecular flexibility index (Phi) is 4.18. The highest BCUT2D eigenvalue weighted by molar-refractivity contribution is 6.31. The summed E-state index contributed by atoms with van der Waals surface area (Å²) in [7, 11) is 0. The zero-order valence-corrected chi connectivity index (χ0v) is 13.2.